The van der Waals surface area contributed by atoms with Gasteiger partial charge in [-0.05, 0) is 37.7 Å². The summed E-state index contributed by atoms with van der Waals surface area (Å²) >= 11 is 3.36. The summed E-state index contributed by atoms with van der Waals surface area (Å²) in [7, 11) is 1.94. The summed E-state index contributed by atoms with van der Waals surface area (Å²) < 4.78 is 0.982. The summed E-state index contributed by atoms with van der Waals surface area (Å²) in [5, 5.41) is 12.5. The second-order valence-corrected chi connectivity index (χ2v) is 5.42. The summed E-state index contributed by atoms with van der Waals surface area (Å²) in [4.78, 5) is 13.5. The molecular formula is C12H15BrN2O2. The lowest BCUT2D eigenvalue weighted by atomic mass is 9.98. The molecule has 0 amide bonds. The Morgan fingerprint density at radius 3 is 2.59 bits per heavy atom. The van der Waals surface area contributed by atoms with Gasteiger partial charge in [0.05, 0.1) is 0 Å². The number of hydrogen-bond acceptors (Lipinski definition) is 3. The molecule has 1 aliphatic heterocycles. The van der Waals surface area contributed by atoms with Crippen molar-refractivity contribution < 1.29 is 9.90 Å². The molecule has 1 unspecified atom stereocenters. The van der Waals surface area contributed by atoms with Crippen LogP contribution < -0.4 is 5.32 Å². The second-order valence-electron chi connectivity index (χ2n) is 4.51. The molecule has 4 nitrogen and oxygen atoms in total. The van der Waals surface area contributed by atoms with Crippen LogP contribution >= 0.6 is 15.9 Å². The molecule has 0 aliphatic carbocycles. The summed E-state index contributed by atoms with van der Waals surface area (Å²) in [6.45, 7) is 1.33. The molecule has 1 aromatic carbocycles. The molecule has 0 spiro atoms. The minimum atomic E-state index is -0.859. The first-order valence-electron chi connectivity index (χ1n) is 5.47. The van der Waals surface area contributed by atoms with E-state index in [1.807, 2.05) is 36.2 Å². The summed E-state index contributed by atoms with van der Waals surface area (Å²) in [6.07, 6.45) is 0.620. The Morgan fingerprint density at radius 2 is 2.12 bits per heavy atom. The number of likely N-dealkylation sites (N-methyl/N-ethyl adjacent to an activating group) is 1. The molecule has 0 bridgehead atoms. The molecule has 0 aromatic heterocycles. The third-order valence-corrected chi connectivity index (χ3v) is 3.63. The van der Waals surface area contributed by atoms with Crippen molar-refractivity contribution in [3.63, 3.8) is 0 Å². The number of benzene rings is 1. The number of anilines is 1. The SMILES string of the molecule is CN1CCC(Nc2ccc(Br)cc2)(C(=O)O)C1. The molecular weight excluding hydrogens is 284 g/mol. The zero-order chi connectivity index (χ0) is 12.5. The van der Waals surface area contributed by atoms with Gasteiger partial charge in [-0.15, -0.1) is 0 Å². The van der Waals surface area contributed by atoms with E-state index in [4.69, 9.17) is 0 Å². The van der Waals surface area contributed by atoms with E-state index in [0.29, 0.717) is 13.0 Å². The fourth-order valence-corrected chi connectivity index (χ4v) is 2.40. The number of carboxylic acids is 1. The summed E-state index contributed by atoms with van der Waals surface area (Å²) in [5.74, 6) is -0.787. The molecule has 5 heteroatoms. The highest BCUT2D eigenvalue weighted by Gasteiger charge is 2.43. The smallest absolute Gasteiger partial charge is 0.330 e. The molecule has 92 valence electrons. The number of aliphatic carboxylic acids is 1. The van der Waals surface area contributed by atoms with Crippen molar-refractivity contribution in [2.75, 3.05) is 25.5 Å². The maximum Gasteiger partial charge on any atom is 0.330 e. The fourth-order valence-electron chi connectivity index (χ4n) is 2.14. The minimum absolute atomic E-state index is 0.526. The molecule has 1 fully saturated rings. The number of likely N-dealkylation sites (tertiary alicyclic amines) is 1. The summed E-state index contributed by atoms with van der Waals surface area (Å²) in [5.41, 5.74) is -0.0198. The minimum Gasteiger partial charge on any atom is -0.479 e. The van der Waals surface area contributed by atoms with Crippen LogP contribution in [0, 0.1) is 0 Å². The van der Waals surface area contributed by atoms with Gasteiger partial charge >= 0.3 is 5.97 Å². The van der Waals surface area contributed by atoms with Crippen LogP contribution in [0.4, 0.5) is 5.69 Å². The molecule has 1 aliphatic rings. The van der Waals surface area contributed by atoms with Crippen molar-refractivity contribution in [1.82, 2.24) is 4.90 Å². The van der Waals surface area contributed by atoms with Crippen molar-refractivity contribution in [2.24, 2.45) is 0 Å². The van der Waals surface area contributed by atoms with E-state index >= 15 is 0 Å². The highest BCUT2D eigenvalue weighted by Crippen LogP contribution is 2.26. The van der Waals surface area contributed by atoms with Crippen LogP contribution in [0.2, 0.25) is 0 Å². The maximum atomic E-state index is 11.4. The normalized spacial score (nSPS) is 24.8. The fraction of sp³-hybridized carbons (Fsp3) is 0.417. The molecule has 1 aromatic rings. The van der Waals surface area contributed by atoms with Crippen molar-refractivity contribution in [1.29, 1.82) is 0 Å². The van der Waals surface area contributed by atoms with E-state index in [9.17, 15) is 9.90 Å². The highest BCUT2D eigenvalue weighted by molar-refractivity contribution is 9.10. The predicted molar refractivity (Wildman–Crippen MR) is 70.2 cm³/mol. The summed E-state index contributed by atoms with van der Waals surface area (Å²) in [6, 6.07) is 7.56. The quantitative estimate of drug-likeness (QED) is 0.896. The molecule has 1 heterocycles. The van der Waals surface area contributed by atoms with Gasteiger partial charge in [-0.3, -0.25) is 0 Å². The average Bonchev–Trinajstić information content (AvgIpc) is 2.65. The third kappa shape index (κ3) is 2.61. The number of nitrogens with one attached hydrogen (secondary N) is 1. The van der Waals surface area contributed by atoms with E-state index in [-0.39, 0.29) is 0 Å². The van der Waals surface area contributed by atoms with Gasteiger partial charge in [-0.1, -0.05) is 15.9 Å². The van der Waals surface area contributed by atoms with Crippen molar-refractivity contribution in [3.8, 4) is 0 Å². The van der Waals surface area contributed by atoms with Crippen LogP contribution in [-0.2, 0) is 4.79 Å². The van der Waals surface area contributed by atoms with Crippen LogP contribution in [0.5, 0.6) is 0 Å². The lowest BCUT2D eigenvalue weighted by molar-refractivity contribution is -0.141. The van der Waals surface area contributed by atoms with Crippen molar-refractivity contribution in [2.45, 2.75) is 12.0 Å². The predicted octanol–water partition coefficient (Wildman–Crippen LogP) is 2.02. The first-order chi connectivity index (χ1) is 8.02. The van der Waals surface area contributed by atoms with Gasteiger partial charge in [-0.25, -0.2) is 4.79 Å². The first-order valence-corrected chi connectivity index (χ1v) is 6.27. The van der Waals surface area contributed by atoms with Gasteiger partial charge in [0.1, 0.15) is 5.54 Å². The van der Waals surface area contributed by atoms with Crippen molar-refractivity contribution in [3.05, 3.63) is 28.7 Å². The number of hydrogen-bond donors (Lipinski definition) is 2. The third-order valence-electron chi connectivity index (χ3n) is 3.10. The average molecular weight is 299 g/mol. The lowest BCUT2D eigenvalue weighted by Crippen LogP contribution is -2.48. The molecule has 0 saturated carbocycles. The Bertz CT molecular complexity index is 421. The molecule has 0 radical (unpaired) electrons. The number of halogens is 1. The Balaban J connectivity index is 2.19. The zero-order valence-electron chi connectivity index (χ0n) is 9.61. The largest absolute Gasteiger partial charge is 0.479 e. The first kappa shape index (κ1) is 12.4. The number of carboxylic acid groups (broad SMARTS) is 1. The van der Waals surface area contributed by atoms with E-state index in [1.54, 1.807) is 0 Å². The number of carbonyl (C=O) groups is 1. The Labute approximate surface area is 109 Å². The zero-order valence-corrected chi connectivity index (χ0v) is 11.2. The van der Waals surface area contributed by atoms with E-state index in [2.05, 4.69) is 21.2 Å². The van der Waals surface area contributed by atoms with Crippen LogP contribution in [0.1, 0.15) is 6.42 Å². The molecule has 2 rings (SSSR count). The van der Waals surface area contributed by atoms with E-state index in [1.165, 1.54) is 0 Å². The topological polar surface area (TPSA) is 52.6 Å². The highest BCUT2D eigenvalue weighted by atomic mass is 79.9. The number of nitrogens with zero attached hydrogens (tertiary/aromatic N) is 1. The molecule has 1 atom stereocenters. The van der Waals surface area contributed by atoms with Gasteiger partial charge in [0.25, 0.3) is 0 Å². The van der Waals surface area contributed by atoms with Crippen LogP contribution in [0.25, 0.3) is 0 Å². The Morgan fingerprint density at radius 1 is 1.47 bits per heavy atom. The van der Waals surface area contributed by atoms with Gasteiger partial charge < -0.3 is 15.3 Å². The maximum absolute atomic E-state index is 11.4. The Kier molecular flexibility index (Phi) is 3.40. The molecule has 2 N–H and O–H groups in total. The van der Waals surface area contributed by atoms with Crippen LogP contribution in [0.3, 0.4) is 0 Å². The second kappa shape index (κ2) is 4.66. The monoisotopic (exact) mass is 298 g/mol. The van der Waals surface area contributed by atoms with Crippen molar-refractivity contribution >= 4 is 27.6 Å². The van der Waals surface area contributed by atoms with Gasteiger partial charge in [0.15, 0.2) is 0 Å². The van der Waals surface area contributed by atoms with Gasteiger partial charge in [0, 0.05) is 23.2 Å². The van der Waals surface area contributed by atoms with Crippen LogP contribution in [-0.4, -0.2) is 41.7 Å². The lowest BCUT2D eigenvalue weighted by Gasteiger charge is -2.26. The Hall–Kier alpha value is -1.07. The van der Waals surface area contributed by atoms with Crippen LogP contribution in [0.15, 0.2) is 28.7 Å². The molecule has 1 saturated heterocycles. The molecule has 17 heavy (non-hydrogen) atoms. The van der Waals surface area contributed by atoms with Gasteiger partial charge in [0.2, 0.25) is 0 Å². The van der Waals surface area contributed by atoms with Gasteiger partial charge in [-0.2, -0.15) is 0 Å². The van der Waals surface area contributed by atoms with E-state index in [0.717, 1.165) is 16.7 Å². The standard InChI is InChI=1S/C12H15BrN2O2/c1-15-7-6-12(8-15,11(16)17)14-10-4-2-9(13)3-5-10/h2-5,14H,6-8H2,1H3,(H,16,17). The number of rotatable bonds is 3. The van der Waals surface area contributed by atoms with E-state index < -0.39 is 11.5 Å².